The number of rotatable bonds is 7. The fourth-order valence-corrected chi connectivity index (χ4v) is 13.6. The molecule has 11 aromatic carbocycles. The molecule has 74 heavy (non-hydrogen) atoms. The number of fused-ring (bicyclic) bond motifs is 16. The molecule has 0 bridgehead atoms. The van der Waals surface area contributed by atoms with Crippen LogP contribution in [0.2, 0.25) is 0 Å². The van der Waals surface area contributed by atoms with Crippen molar-refractivity contribution in [1.82, 2.24) is 0 Å². The molecule has 1 spiro atoms. The van der Waals surface area contributed by atoms with Crippen LogP contribution in [0.4, 0.5) is 17.1 Å². The number of benzene rings is 11. The molecular weight excluding hydrogens is 891 g/mol. The van der Waals surface area contributed by atoms with Gasteiger partial charge in [-0.1, -0.05) is 221 Å². The van der Waals surface area contributed by atoms with Crippen LogP contribution in [0.25, 0.3) is 84.0 Å². The topological polar surface area (TPSA) is 3.24 Å². The number of hydrogen-bond acceptors (Lipinski definition) is 1. The van der Waals surface area contributed by atoms with Crippen molar-refractivity contribution in [3.63, 3.8) is 0 Å². The standard InChI is InChI=1S/C73H51N/c1-4-46-16-8-9-19-57(46)52-31-38-64-61-22-12-15-25-68(61)73(71(64)43-52)67-24-14-11-21-60(67)63-37-30-50(42-70(63)73)49-29-36-58-53(40-49)41-51-28-34-55(44-65(51)58)74(54-32-26-48(27-33-54)47-17-6-5-7-18-47)56-35-39-62-59-20-10-13-23-66(59)72(2,3)69(62)45-56/h4-40,42-45H,1,41H2,2-3H3. The zero-order chi connectivity index (χ0) is 49.3. The molecule has 4 aliphatic rings. The highest BCUT2D eigenvalue weighted by Crippen LogP contribution is 2.64. The Balaban J connectivity index is 0.837. The van der Waals surface area contributed by atoms with Gasteiger partial charge >= 0.3 is 0 Å². The molecule has 0 N–H and O–H groups in total. The van der Waals surface area contributed by atoms with E-state index in [1.165, 1.54) is 122 Å². The molecule has 1 unspecified atom stereocenters. The zero-order valence-electron chi connectivity index (χ0n) is 41.5. The lowest BCUT2D eigenvalue weighted by molar-refractivity contribution is 0.660. The van der Waals surface area contributed by atoms with E-state index in [-0.39, 0.29) is 5.41 Å². The van der Waals surface area contributed by atoms with Crippen molar-refractivity contribution < 1.29 is 0 Å². The number of nitrogens with zero attached hydrogens (tertiary/aromatic N) is 1. The maximum Gasteiger partial charge on any atom is 0.0725 e. The van der Waals surface area contributed by atoms with Gasteiger partial charge in [0.05, 0.1) is 5.41 Å². The van der Waals surface area contributed by atoms with Crippen LogP contribution >= 0.6 is 0 Å². The molecule has 1 nitrogen and oxygen atoms in total. The van der Waals surface area contributed by atoms with Gasteiger partial charge in [0.2, 0.25) is 0 Å². The Morgan fingerprint density at radius 2 is 0.797 bits per heavy atom. The van der Waals surface area contributed by atoms with Gasteiger partial charge in [0, 0.05) is 22.5 Å². The van der Waals surface area contributed by atoms with Gasteiger partial charge in [-0.3, -0.25) is 0 Å². The van der Waals surface area contributed by atoms with Crippen LogP contribution in [0.1, 0.15) is 63.9 Å². The van der Waals surface area contributed by atoms with Gasteiger partial charge in [-0.15, -0.1) is 0 Å². The van der Waals surface area contributed by atoms with Crippen LogP contribution in [0, 0.1) is 0 Å². The fourth-order valence-electron chi connectivity index (χ4n) is 13.6. The van der Waals surface area contributed by atoms with E-state index in [4.69, 9.17) is 0 Å². The minimum absolute atomic E-state index is 0.114. The van der Waals surface area contributed by atoms with E-state index in [1.54, 1.807) is 0 Å². The Labute approximate surface area is 434 Å². The Morgan fingerprint density at radius 3 is 1.50 bits per heavy atom. The van der Waals surface area contributed by atoms with E-state index in [1.807, 2.05) is 6.08 Å². The summed E-state index contributed by atoms with van der Waals surface area (Å²) in [5.74, 6) is 0. The second-order valence-electron chi connectivity index (χ2n) is 21.2. The van der Waals surface area contributed by atoms with Gasteiger partial charge in [-0.25, -0.2) is 0 Å². The maximum absolute atomic E-state index is 4.19. The first-order chi connectivity index (χ1) is 36.4. The summed E-state index contributed by atoms with van der Waals surface area (Å²) in [6, 6.07) is 91.4. The zero-order valence-corrected chi connectivity index (χ0v) is 41.5. The molecule has 11 aromatic rings. The lowest BCUT2D eigenvalue weighted by Crippen LogP contribution is -2.26. The van der Waals surface area contributed by atoms with Crippen LogP contribution in [0.3, 0.4) is 0 Å². The van der Waals surface area contributed by atoms with Crippen LogP contribution in [0.5, 0.6) is 0 Å². The normalized spacial score (nSPS) is 15.3. The molecular formula is C73H51N. The van der Waals surface area contributed by atoms with Crippen molar-refractivity contribution in [3.8, 4) is 77.9 Å². The van der Waals surface area contributed by atoms with Crippen molar-refractivity contribution in [3.05, 3.63) is 299 Å². The summed E-state index contributed by atoms with van der Waals surface area (Å²) in [5.41, 5.74) is 32.7. The predicted molar refractivity (Wildman–Crippen MR) is 310 cm³/mol. The molecule has 0 saturated carbocycles. The second-order valence-corrected chi connectivity index (χ2v) is 21.2. The fraction of sp³-hybridized carbons (Fsp3) is 0.0685. The highest BCUT2D eigenvalue weighted by Gasteiger charge is 2.52. The van der Waals surface area contributed by atoms with E-state index in [0.29, 0.717) is 0 Å². The van der Waals surface area contributed by atoms with Gasteiger partial charge in [0.25, 0.3) is 0 Å². The minimum Gasteiger partial charge on any atom is -0.310 e. The lowest BCUT2D eigenvalue weighted by atomic mass is 9.70. The Morgan fingerprint density at radius 1 is 0.324 bits per heavy atom. The molecule has 348 valence electrons. The average Bonchev–Trinajstić information content (AvgIpc) is 4.16. The highest BCUT2D eigenvalue weighted by atomic mass is 15.1. The number of hydrogen-bond donors (Lipinski definition) is 0. The molecule has 0 heterocycles. The molecule has 0 aromatic heterocycles. The second kappa shape index (κ2) is 16.0. The minimum atomic E-state index is -0.470. The van der Waals surface area contributed by atoms with Crippen molar-refractivity contribution in [2.75, 3.05) is 4.90 Å². The first-order valence-corrected chi connectivity index (χ1v) is 26.1. The third kappa shape index (κ3) is 6.05. The smallest absolute Gasteiger partial charge is 0.0725 e. The van der Waals surface area contributed by atoms with Gasteiger partial charge in [0.1, 0.15) is 0 Å². The summed E-state index contributed by atoms with van der Waals surface area (Å²) in [5, 5.41) is 0. The quantitative estimate of drug-likeness (QED) is 0.154. The third-order valence-corrected chi connectivity index (χ3v) is 17.1. The molecule has 0 fully saturated rings. The molecule has 1 atom stereocenters. The molecule has 0 radical (unpaired) electrons. The summed E-state index contributed by atoms with van der Waals surface area (Å²) in [7, 11) is 0. The van der Waals surface area contributed by atoms with Gasteiger partial charge < -0.3 is 4.90 Å². The Hall–Kier alpha value is -9.04. The molecule has 0 amide bonds. The Bertz CT molecular complexity index is 4140. The van der Waals surface area contributed by atoms with Crippen LogP contribution in [-0.4, -0.2) is 0 Å². The van der Waals surface area contributed by atoms with Gasteiger partial charge in [-0.05, 0) is 183 Å². The average molecular weight is 942 g/mol. The summed E-state index contributed by atoms with van der Waals surface area (Å²) >= 11 is 0. The largest absolute Gasteiger partial charge is 0.310 e. The van der Waals surface area contributed by atoms with Gasteiger partial charge in [0.15, 0.2) is 0 Å². The molecule has 0 aliphatic heterocycles. The van der Waals surface area contributed by atoms with Crippen molar-refractivity contribution in [2.24, 2.45) is 0 Å². The summed E-state index contributed by atoms with van der Waals surface area (Å²) in [4.78, 5) is 2.46. The van der Waals surface area contributed by atoms with Crippen molar-refractivity contribution in [1.29, 1.82) is 0 Å². The number of anilines is 3. The van der Waals surface area contributed by atoms with E-state index in [0.717, 1.165) is 29.0 Å². The van der Waals surface area contributed by atoms with Crippen LogP contribution < -0.4 is 4.90 Å². The lowest BCUT2D eigenvalue weighted by Gasteiger charge is -2.31. The molecule has 0 saturated heterocycles. The van der Waals surface area contributed by atoms with E-state index >= 15 is 0 Å². The highest BCUT2D eigenvalue weighted by molar-refractivity contribution is 5.98. The van der Waals surface area contributed by atoms with E-state index in [9.17, 15) is 0 Å². The van der Waals surface area contributed by atoms with Crippen LogP contribution in [-0.2, 0) is 17.3 Å². The maximum atomic E-state index is 4.19. The third-order valence-electron chi connectivity index (χ3n) is 17.1. The predicted octanol–water partition coefficient (Wildman–Crippen LogP) is 19.0. The molecule has 15 rings (SSSR count). The summed E-state index contributed by atoms with van der Waals surface area (Å²) < 4.78 is 0. The van der Waals surface area contributed by atoms with E-state index < -0.39 is 5.41 Å². The SMILES string of the molecule is C=Cc1ccccc1-c1ccc2c(c1)C1(c3ccccc3-c3ccc(-c4ccc5c(c4)Cc4ccc(N(c6ccc(-c7ccccc7)cc6)c6ccc7c(c6)C(C)(C)c6ccccc6-7)cc4-5)cc31)c1ccccc1-2. The molecule has 1 heteroatoms. The summed E-state index contributed by atoms with van der Waals surface area (Å²) in [6.45, 7) is 8.92. The Kier molecular flexibility index (Phi) is 9.20. The van der Waals surface area contributed by atoms with E-state index in [2.05, 4.69) is 268 Å². The first kappa shape index (κ1) is 42.6. The molecule has 4 aliphatic carbocycles. The van der Waals surface area contributed by atoms with Crippen LogP contribution in [0.15, 0.2) is 249 Å². The monoisotopic (exact) mass is 941 g/mol. The van der Waals surface area contributed by atoms with Crippen molar-refractivity contribution >= 4 is 23.1 Å². The summed E-state index contributed by atoms with van der Waals surface area (Å²) in [6.07, 6.45) is 2.87. The van der Waals surface area contributed by atoms with Crippen molar-refractivity contribution in [2.45, 2.75) is 31.1 Å². The van der Waals surface area contributed by atoms with Gasteiger partial charge in [-0.2, -0.15) is 0 Å². The first-order valence-electron chi connectivity index (χ1n) is 26.1.